The summed E-state index contributed by atoms with van der Waals surface area (Å²) in [5.74, 6) is -0.899. The Labute approximate surface area is 102 Å². The second-order valence-corrected chi connectivity index (χ2v) is 5.28. The largest absolute Gasteiger partial charge is 0.481 e. The van der Waals surface area contributed by atoms with E-state index in [0.29, 0.717) is 6.04 Å². The van der Waals surface area contributed by atoms with Crippen LogP contribution in [0, 0.1) is 0 Å². The van der Waals surface area contributed by atoms with Gasteiger partial charge in [-0.05, 0) is 33.1 Å². The van der Waals surface area contributed by atoms with Crippen molar-refractivity contribution in [2.24, 2.45) is 0 Å². The second-order valence-electron chi connectivity index (χ2n) is 5.28. The highest BCUT2D eigenvalue weighted by molar-refractivity contribution is 5.77. The lowest BCUT2D eigenvalue weighted by molar-refractivity contribution is -0.138. The zero-order valence-corrected chi connectivity index (χ0v) is 10.8. The fraction of sp³-hybridized carbons (Fsp3) is 0.833. The molecule has 0 spiro atoms. The van der Waals surface area contributed by atoms with E-state index in [0.717, 1.165) is 25.8 Å². The van der Waals surface area contributed by atoms with E-state index in [2.05, 4.69) is 12.2 Å². The van der Waals surface area contributed by atoms with Crippen LogP contribution in [0.15, 0.2) is 0 Å². The Morgan fingerprint density at radius 2 is 2.12 bits per heavy atom. The lowest BCUT2D eigenvalue weighted by atomic mass is 10.0. The number of carbonyl (C=O) groups is 2. The van der Waals surface area contributed by atoms with Gasteiger partial charge >= 0.3 is 12.0 Å². The van der Waals surface area contributed by atoms with Crippen molar-refractivity contribution in [1.82, 2.24) is 10.2 Å². The van der Waals surface area contributed by atoms with Crippen molar-refractivity contribution in [2.75, 3.05) is 6.54 Å². The van der Waals surface area contributed by atoms with Crippen molar-refractivity contribution in [2.45, 2.75) is 58.0 Å². The summed E-state index contributed by atoms with van der Waals surface area (Å²) >= 11 is 0. The molecule has 0 aliphatic carbocycles. The Bertz CT molecular complexity index is 302. The maximum absolute atomic E-state index is 12.0. The van der Waals surface area contributed by atoms with E-state index in [1.807, 2.05) is 4.90 Å². The monoisotopic (exact) mass is 242 g/mol. The number of hydrogen-bond donors (Lipinski definition) is 2. The first-order valence-corrected chi connectivity index (χ1v) is 6.16. The molecule has 2 amide bonds. The van der Waals surface area contributed by atoms with Gasteiger partial charge in [0, 0.05) is 18.1 Å². The highest BCUT2D eigenvalue weighted by Crippen LogP contribution is 2.20. The van der Waals surface area contributed by atoms with Crippen LogP contribution in [0.4, 0.5) is 4.79 Å². The predicted molar refractivity (Wildman–Crippen MR) is 64.9 cm³/mol. The highest BCUT2D eigenvalue weighted by atomic mass is 16.4. The van der Waals surface area contributed by atoms with Crippen LogP contribution in [0.1, 0.15) is 46.5 Å². The first-order valence-electron chi connectivity index (χ1n) is 6.16. The number of rotatable bonds is 4. The van der Waals surface area contributed by atoms with Crippen LogP contribution in [0.2, 0.25) is 0 Å². The van der Waals surface area contributed by atoms with E-state index in [9.17, 15) is 9.59 Å². The van der Waals surface area contributed by atoms with Crippen LogP contribution in [0.25, 0.3) is 0 Å². The molecule has 1 atom stereocenters. The Hall–Kier alpha value is -1.26. The Morgan fingerprint density at radius 3 is 2.65 bits per heavy atom. The average Bonchev–Trinajstić information content (AvgIpc) is 2.61. The van der Waals surface area contributed by atoms with Gasteiger partial charge in [0.25, 0.3) is 0 Å². The second kappa shape index (κ2) is 5.38. The molecule has 0 radical (unpaired) electrons. The van der Waals surface area contributed by atoms with Crippen molar-refractivity contribution in [3.8, 4) is 0 Å². The van der Waals surface area contributed by atoms with Crippen molar-refractivity contribution >= 4 is 12.0 Å². The van der Waals surface area contributed by atoms with Gasteiger partial charge in [-0.15, -0.1) is 0 Å². The van der Waals surface area contributed by atoms with Crippen LogP contribution >= 0.6 is 0 Å². The van der Waals surface area contributed by atoms with Gasteiger partial charge in [0.1, 0.15) is 0 Å². The minimum atomic E-state index is -0.899. The summed E-state index contributed by atoms with van der Waals surface area (Å²) in [5, 5.41) is 11.6. The molecular formula is C12H22N2O3. The van der Waals surface area contributed by atoms with Crippen molar-refractivity contribution in [3.05, 3.63) is 0 Å². The van der Waals surface area contributed by atoms with Gasteiger partial charge in [0.2, 0.25) is 0 Å². The minimum Gasteiger partial charge on any atom is -0.481 e. The topological polar surface area (TPSA) is 69.6 Å². The van der Waals surface area contributed by atoms with Gasteiger partial charge in [0.15, 0.2) is 0 Å². The molecule has 5 nitrogen and oxygen atoms in total. The molecular weight excluding hydrogens is 220 g/mol. The first-order chi connectivity index (χ1) is 7.85. The summed E-state index contributed by atoms with van der Waals surface area (Å²) in [6, 6.07) is 0.163. The number of urea groups is 1. The number of carbonyl (C=O) groups excluding carboxylic acids is 1. The minimum absolute atomic E-state index is 0.0661. The highest BCUT2D eigenvalue weighted by Gasteiger charge is 2.31. The van der Waals surface area contributed by atoms with Crippen molar-refractivity contribution in [1.29, 1.82) is 0 Å². The summed E-state index contributed by atoms with van der Waals surface area (Å²) < 4.78 is 0. The number of carboxylic acids is 1. The molecule has 1 rings (SSSR count). The van der Waals surface area contributed by atoms with Gasteiger partial charge in [-0.25, -0.2) is 4.79 Å². The van der Waals surface area contributed by atoms with E-state index >= 15 is 0 Å². The first kappa shape index (κ1) is 13.8. The lowest BCUT2D eigenvalue weighted by Crippen LogP contribution is -2.52. The normalized spacial score (nSPS) is 20.4. The van der Waals surface area contributed by atoms with E-state index in [4.69, 9.17) is 5.11 Å². The third kappa shape index (κ3) is 3.91. The predicted octanol–water partition coefficient (Wildman–Crippen LogP) is 1.82. The molecule has 2 N–H and O–H groups in total. The fourth-order valence-electron chi connectivity index (χ4n) is 2.31. The maximum atomic E-state index is 12.0. The van der Waals surface area contributed by atoms with Crippen molar-refractivity contribution in [3.63, 3.8) is 0 Å². The maximum Gasteiger partial charge on any atom is 0.318 e. The van der Waals surface area contributed by atoms with E-state index < -0.39 is 11.5 Å². The molecule has 98 valence electrons. The van der Waals surface area contributed by atoms with Gasteiger partial charge in [-0.2, -0.15) is 0 Å². The summed E-state index contributed by atoms with van der Waals surface area (Å²) in [6.07, 6.45) is 2.96. The van der Waals surface area contributed by atoms with Crippen LogP contribution in [0.3, 0.4) is 0 Å². The van der Waals surface area contributed by atoms with Gasteiger partial charge in [-0.1, -0.05) is 6.92 Å². The van der Waals surface area contributed by atoms with Gasteiger partial charge < -0.3 is 15.3 Å². The molecule has 1 aliphatic heterocycles. The Balaban J connectivity index is 2.56. The molecule has 1 aliphatic rings. The third-order valence-electron chi connectivity index (χ3n) is 3.15. The zero-order valence-electron chi connectivity index (χ0n) is 10.8. The summed E-state index contributed by atoms with van der Waals surface area (Å²) in [4.78, 5) is 24.5. The number of aliphatic carboxylic acids is 1. The molecule has 0 bridgehead atoms. The molecule has 0 aromatic carbocycles. The molecule has 1 fully saturated rings. The average molecular weight is 242 g/mol. The molecule has 1 heterocycles. The summed E-state index contributed by atoms with van der Waals surface area (Å²) in [7, 11) is 0. The number of amides is 2. The molecule has 1 unspecified atom stereocenters. The van der Waals surface area contributed by atoms with Crippen LogP contribution in [-0.4, -0.2) is 40.1 Å². The zero-order chi connectivity index (χ0) is 13.1. The standard InChI is InChI=1S/C12H22N2O3/c1-4-9-6-5-7-14(9)11(17)13-12(2,3)8-10(15)16/h9H,4-8H2,1-3H3,(H,13,17)(H,15,16). The number of nitrogens with zero attached hydrogens (tertiary/aromatic N) is 1. The van der Waals surface area contributed by atoms with Crippen LogP contribution in [0.5, 0.6) is 0 Å². The molecule has 1 saturated heterocycles. The fourth-order valence-corrected chi connectivity index (χ4v) is 2.31. The Kier molecular flexibility index (Phi) is 4.37. The quantitative estimate of drug-likeness (QED) is 0.790. The van der Waals surface area contributed by atoms with E-state index in [-0.39, 0.29) is 12.5 Å². The third-order valence-corrected chi connectivity index (χ3v) is 3.15. The summed E-state index contributed by atoms with van der Waals surface area (Å²) in [5.41, 5.74) is -0.705. The van der Waals surface area contributed by atoms with Gasteiger partial charge in [0.05, 0.1) is 6.42 Å². The lowest BCUT2D eigenvalue weighted by Gasteiger charge is -2.30. The number of nitrogens with one attached hydrogen (secondary N) is 1. The Morgan fingerprint density at radius 1 is 1.47 bits per heavy atom. The molecule has 0 aromatic rings. The van der Waals surface area contributed by atoms with Crippen LogP contribution in [-0.2, 0) is 4.79 Å². The number of carboxylic acid groups (broad SMARTS) is 1. The SMILES string of the molecule is CCC1CCCN1C(=O)NC(C)(C)CC(=O)O. The number of likely N-dealkylation sites (tertiary alicyclic amines) is 1. The van der Waals surface area contributed by atoms with Crippen LogP contribution < -0.4 is 5.32 Å². The molecule has 0 saturated carbocycles. The van der Waals surface area contributed by atoms with Crippen molar-refractivity contribution < 1.29 is 14.7 Å². The summed E-state index contributed by atoms with van der Waals surface area (Å²) in [6.45, 7) is 6.30. The van der Waals surface area contributed by atoms with Gasteiger partial charge in [-0.3, -0.25) is 4.79 Å². The smallest absolute Gasteiger partial charge is 0.318 e. The molecule has 17 heavy (non-hydrogen) atoms. The number of hydrogen-bond acceptors (Lipinski definition) is 2. The molecule has 5 heteroatoms. The molecule has 0 aromatic heterocycles. The van der Waals surface area contributed by atoms with E-state index in [1.54, 1.807) is 13.8 Å². The van der Waals surface area contributed by atoms with E-state index in [1.165, 1.54) is 0 Å².